The van der Waals surface area contributed by atoms with Crippen molar-refractivity contribution in [3.8, 4) is 23.1 Å². The first-order valence-corrected chi connectivity index (χ1v) is 12.8. The summed E-state index contributed by atoms with van der Waals surface area (Å²) in [6.07, 6.45) is -4.97. The van der Waals surface area contributed by atoms with Gasteiger partial charge < -0.3 is 14.7 Å². The molecule has 1 saturated heterocycles. The van der Waals surface area contributed by atoms with E-state index in [1.165, 1.54) is 0 Å². The van der Waals surface area contributed by atoms with Gasteiger partial charge in [-0.1, -0.05) is 35.3 Å². The summed E-state index contributed by atoms with van der Waals surface area (Å²) in [6.45, 7) is 1.67. The maximum atomic E-state index is 13.3. The van der Waals surface area contributed by atoms with Gasteiger partial charge in [0, 0.05) is 29.4 Å². The third-order valence-corrected chi connectivity index (χ3v) is 7.07. The van der Waals surface area contributed by atoms with Crippen molar-refractivity contribution in [1.29, 1.82) is 0 Å². The molecule has 0 spiro atoms. The van der Waals surface area contributed by atoms with Crippen LogP contribution >= 0.6 is 23.2 Å². The number of imidazole rings is 1. The molecule has 12 heteroatoms. The average molecular weight is 566 g/mol. The molecule has 2 aromatic carbocycles. The molecule has 0 bridgehead atoms. The molecular formula is C26H24Cl2F3N5O2. The van der Waals surface area contributed by atoms with Crippen molar-refractivity contribution in [2.75, 3.05) is 24.6 Å². The van der Waals surface area contributed by atoms with Gasteiger partial charge in [-0.15, -0.1) is 0 Å². The number of aliphatic hydroxyl groups excluding tert-OH is 1. The minimum atomic E-state index is -4.24. The summed E-state index contributed by atoms with van der Waals surface area (Å²) in [5, 5.41) is 10.5. The van der Waals surface area contributed by atoms with Crippen LogP contribution < -0.4 is 9.64 Å². The molecule has 1 atom stereocenters. The van der Waals surface area contributed by atoms with Crippen molar-refractivity contribution in [1.82, 2.24) is 19.5 Å². The van der Waals surface area contributed by atoms with E-state index in [1.807, 2.05) is 12.1 Å². The summed E-state index contributed by atoms with van der Waals surface area (Å²) in [5.74, 6) is -0.538. The van der Waals surface area contributed by atoms with E-state index in [-0.39, 0.29) is 38.5 Å². The first-order chi connectivity index (χ1) is 18.2. The summed E-state index contributed by atoms with van der Waals surface area (Å²) in [7, 11) is 0. The number of halogens is 5. The predicted octanol–water partition coefficient (Wildman–Crippen LogP) is 6.33. The Balaban J connectivity index is 1.72. The number of nitrogens with zero attached hydrogens (tertiary/aromatic N) is 5. The Morgan fingerprint density at radius 3 is 2.34 bits per heavy atom. The van der Waals surface area contributed by atoms with E-state index in [4.69, 9.17) is 32.9 Å². The molecule has 200 valence electrons. The fraction of sp³-hybridized carbons (Fsp3) is 0.346. The number of hydrogen-bond donors (Lipinski definition) is 1. The molecule has 3 heterocycles. The molecular weight excluding hydrogens is 542 g/mol. The monoisotopic (exact) mass is 565 g/mol. The number of rotatable bonds is 6. The van der Waals surface area contributed by atoms with Gasteiger partial charge in [0.25, 0.3) is 0 Å². The van der Waals surface area contributed by atoms with E-state index < -0.39 is 18.2 Å². The second kappa shape index (κ2) is 10.6. The Morgan fingerprint density at radius 2 is 1.71 bits per heavy atom. The van der Waals surface area contributed by atoms with E-state index in [0.717, 1.165) is 0 Å². The predicted molar refractivity (Wildman–Crippen MR) is 140 cm³/mol. The van der Waals surface area contributed by atoms with Crippen LogP contribution in [0.4, 0.5) is 19.0 Å². The van der Waals surface area contributed by atoms with Crippen molar-refractivity contribution in [2.24, 2.45) is 5.92 Å². The van der Waals surface area contributed by atoms with E-state index in [2.05, 4.69) is 9.97 Å². The van der Waals surface area contributed by atoms with Crippen molar-refractivity contribution >= 4 is 40.2 Å². The number of benzene rings is 2. The highest BCUT2D eigenvalue weighted by molar-refractivity contribution is 6.33. The summed E-state index contributed by atoms with van der Waals surface area (Å²) in [5.41, 5.74) is 2.10. The third-order valence-electron chi connectivity index (χ3n) is 6.49. The largest absolute Gasteiger partial charge is 0.458 e. The lowest BCUT2D eigenvalue weighted by atomic mass is 9.96. The zero-order chi connectivity index (χ0) is 27.0. The van der Waals surface area contributed by atoms with Crippen molar-refractivity contribution in [3.63, 3.8) is 0 Å². The summed E-state index contributed by atoms with van der Waals surface area (Å²) in [6, 6.07) is 14.3. The van der Waals surface area contributed by atoms with Gasteiger partial charge >= 0.3 is 12.2 Å². The van der Waals surface area contributed by atoms with E-state index in [0.29, 0.717) is 44.1 Å². The Labute approximate surface area is 226 Å². The quantitative estimate of drug-likeness (QED) is 0.294. The highest BCUT2D eigenvalue weighted by Crippen LogP contribution is 2.39. The highest BCUT2D eigenvalue weighted by Gasteiger charge is 2.41. The van der Waals surface area contributed by atoms with Crippen LogP contribution in [0.25, 0.3) is 28.2 Å². The van der Waals surface area contributed by atoms with Crippen LogP contribution in [0.1, 0.15) is 19.8 Å². The van der Waals surface area contributed by atoms with E-state index in [1.54, 1.807) is 52.8 Å². The maximum Gasteiger partial charge on any atom is 0.391 e. The molecule has 1 N–H and O–H groups in total. The first-order valence-electron chi connectivity index (χ1n) is 12.1. The van der Waals surface area contributed by atoms with Crippen LogP contribution in [0, 0.1) is 5.92 Å². The molecule has 0 amide bonds. The Morgan fingerprint density at radius 1 is 1.03 bits per heavy atom. The fourth-order valence-corrected chi connectivity index (χ4v) is 4.84. The van der Waals surface area contributed by atoms with Gasteiger partial charge in [-0.25, -0.2) is 4.98 Å². The lowest BCUT2D eigenvalue weighted by Crippen LogP contribution is -2.39. The summed E-state index contributed by atoms with van der Waals surface area (Å²) in [4.78, 5) is 15.8. The first kappa shape index (κ1) is 26.5. The van der Waals surface area contributed by atoms with Crippen LogP contribution in [0.2, 0.25) is 10.0 Å². The van der Waals surface area contributed by atoms with Crippen LogP contribution in [-0.4, -0.2) is 56.6 Å². The Kier molecular flexibility index (Phi) is 7.39. The number of aromatic nitrogens is 4. The van der Waals surface area contributed by atoms with E-state index >= 15 is 0 Å². The second-order valence-corrected chi connectivity index (χ2v) is 9.99. The minimum absolute atomic E-state index is 0.0205. The molecule has 0 radical (unpaired) electrons. The van der Waals surface area contributed by atoms with Gasteiger partial charge in [0.15, 0.2) is 17.0 Å². The fourth-order valence-electron chi connectivity index (χ4n) is 4.49. The molecule has 1 fully saturated rings. The number of hydrogen-bond acceptors (Lipinski definition) is 6. The molecule has 1 aliphatic heterocycles. The summed E-state index contributed by atoms with van der Waals surface area (Å²) >= 11 is 12.7. The molecule has 1 unspecified atom stereocenters. The van der Waals surface area contributed by atoms with Crippen molar-refractivity contribution in [3.05, 3.63) is 58.6 Å². The van der Waals surface area contributed by atoms with Crippen LogP contribution in [0.5, 0.6) is 6.01 Å². The number of piperidine rings is 1. The molecule has 1 aliphatic rings. The topological polar surface area (TPSA) is 76.3 Å². The second-order valence-electron chi connectivity index (χ2n) is 9.14. The normalized spacial score (nSPS) is 15.7. The minimum Gasteiger partial charge on any atom is -0.458 e. The SMILES string of the molecule is CC(CO)Oc1nc(N2CCC(C(F)(F)F)CC2)c2nc(-c3ccccc3Cl)n(-c3ccc(Cl)cc3)c2n1. The lowest BCUT2D eigenvalue weighted by molar-refractivity contribution is -0.179. The Hall–Kier alpha value is -3.08. The molecule has 0 aliphatic carbocycles. The van der Waals surface area contributed by atoms with E-state index in [9.17, 15) is 18.3 Å². The van der Waals surface area contributed by atoms with Gasteiger partial charge in [-0.2, -0.15) is 23.1 Å². The zero-order valence-electron chi connectivity index (χ0n) is 20.3. The number of aliphatic hydroxyl groups is 1. The van der Waals surface area contributed by atoms with Crippen molar-refractivity contribution < 1.29 is 23.0 Å². The zero-order valence-corrected chi connectivity index (χ0v) is 21.8. The van der Waals surface area contributed by atoms with Gasteiger partial charge in [-0.3, -0.25) is 4.57 Å². The molecule has 38 heavy (non-hydrogen) atoms. The van der Waals surface area contributed by atoms with Crippen LogP contribution in [0.3, 0.4) is 0 Å². The molecule has 0 saturated carbocycles. The number of ether oxygens (including phenoxy) is 1. The number of fused-ring (bicyclic) bond motifs is 1. The molecule has 2 aromatic heterocycles. The standard InChI is InChI=1S/C26H24Cl2F3N5O2/c1-15(14-37)38-25-33-23(35-12-10-16(11-13-35)26(29,30)31)21-24(34-25)36(18-8-6-17(27)7-9-18)22(32-21)19-4-2-3-5-20(19)28/h2-9,15-16,37H,10-14H2,1H3. The number of alkyl halides is 3. The molecule has 4 aromatic rings. The van der Waals surface area contributed by atoms with Crippen LogP contribution in [0.15, 0.2) is 48.5 Å². The summed E-state index contributed by atoms with van der Waals surface area (Å²) < 4.78 is 47.6. The van der Waals surface area contributed by atoms with Gasteiger partial charge in [0.2, 0.25) is 0 Å². The third kappa shape index (κ3) is 5.25. The molecule has 7 nitrogen and oxygen atoms in total. The van der Waals surface area contributed by atoms with Gasteiger partial charge in [0.05, 0.1) is 17.5 Å². The number of anilines is 1. The van der Waals surface area contributed by atoms with Crippen molar-refractivity contribution in [2.45, 2.75) is 32.0 Å². The average Bonchev–Trinajstić information content (AvgIpc) is 3.27. The molecule has 5 rings (SSSR count). The highest BCUT2D eigenvalue weighted by atomic mass is 35.5. The maximum absolute atomic E-state index is 13.3. The lowest BCUT2D eigenvalue weighted by Gasteiger charge is -2.33. The van der Waals surface area contributed by atoms with Crippen LogP contribution in [-0.2, 0) is 0 Å². The van der Waals surface area contributed by atoms with Gasteiger partial charge in [-0.05, 0) is 56.2 Å². The smallest absolute Gasteiger partial charge is 0.391 e. The Bertz CT molecular complexity index is 1440. The van der Waals surface area contributed by atoms with Gasteiger partial charge in [0.1, 0.15) is 11.9 Å².